The van der Waals surface area contributed by atoms with Gasteiger partial charge in [-0.3, -0.25) is 4.79 Å². The molecule has 0 aliphatic carbocycles. The number of carbonyl (C=O) groups is 1. The number of nitriles is 1. The number of piperazine rings is 1. The number of carbonyl (C=O) groups excluding carboxylic acids is 1. The van der Waals surface area contributed by atoms with E-state index in [1.165, 1.54) is 6.07 Å². The zero-order valence-corrected chi connectivity index (χ0v) is 22.8. The van der Waals surface area contributed by atoms with E-state index in [-0.39, 0.29) is 18.5 Å². The third-order valence-corrected chi connectivity index (χ3v) is 7.74. The van der Waals surface area contributed by atoms with E-state index in [2.05, 4.69) is 21.3 Å². The monoisotopic (exact) mass is 540 g/mol. The number of para-hydroxylation sites is 1. The summed E-state index contributed by atoms with van der Waals surface area (Å²) in [4.78, 5) is 23.6. The number of anilines is 3. The molecular weight excluding hydrogens is 507 g/mol. The van der Waals surface area contributed by atoms with Crippen molar-refractivity contribution in [2.24, 2.45) is 0 Å². The number of amides is 1. The van der Waals surface area contributed by atoms with Gasteiger partial charge in [0.2, 0.25) is 0 Å². The molecule has 0 unspecified atom stereocenters. The highest BCUT2D eigenvalue weighted by molar-refractivity contribution is 5.97. The molecule has 0 bridgehead atoms. The van der Waals surface area contributed by atoms with Gasteiger partial charge in [0.1, 0.15) is 24.0 Å². The SMILES string of the molecule is Cc1cc(C)c(C(=O)N2CCN(c3ccc(F)cn3)/C(=C/O)C2)cc1NC1CCN(c2ccccc2C#N)CC1. The molecule has 2 fully saturated rings. The topological polar surface area (TPSA) is 95.7 Å². The summed E-state index contributed by atoms with van der Waals surface area (Å²) in [5, 5.41) is 23.0. The highest BCUT2D eigenvalue weighted by Gasteiger charge is 2.29. The summed E-state index contributed by atoms with van der Waals surface area (Å²) in [6.07, 6.45) is 3.96. The van der Waals surface area contributed by atoms with Crippen LogP contribution < -0.4 is 15.1 Å². The van der Waals surface area contributed by atoms with Crippen LogP contribution in [0.2, 0.25) is 0 Å². The number of aromatic nitrogens is 1. The minimum absolute atomic E-state index is 0.102. The van der Waals surface area contributed by atoms with Crippen molar-refractivity contribution >= 4 is 23.1 Å². The molecule has 2 saturated heterocycles. The molecule has 2 aromatic carbocycles. The fourth-order valence-corrected chi connectivity index (χ4v) is 5.53. The number of rotatable bonds is 5. The van der Waals surface area contributed by atoms with E-state index in [9.17, 15) is 19.6 Å². The van der Waals surface area contributed by atoms with E-state index in [4.69, 9.17) is 0 Å². The smallest absolute Gasteiger partial charge is 0.254 e. The zero-order chi connectivity index (χ0) is 28.2. The van der Waals surface area contributed by atoms with Crippen LogP contribution in [0.3, 0.4) is 0 Å². The van der Waals surface area contributed by atoms with Crippen molar-refractivity contribution < 1.29 is 14.3 Å². The third kappa shape index (κ3) is 5.57. The van der Waals surface area contributed by atoms with Gasteiger partial charge >= 0.3 is 0 Å². The Balaban J connectivity index is 1.26. The molecule has 5 rings (SSSR count). The Hall–Kier alpha value is -4.58. The Morgan fingerprint density at radius 2 is 1.88 bits per heavy atom. The van der Waals surface area contributed by atoms with Crippen LogP contribution in [0.5, 0.6) is 0 Å². The standard InChI is InChI=1S/C31H33FN6O2/c1-21-15-22(2)28(35-25-9-11-36(12-10-25)29-6-4-3-5-23(29)17-33)16-27(21)31(40)37-13-14-38(26(19-37)20-39)30-8-7-24(32)18-34-30/h3-8,15-16,18,20,25,35,39H,9-14,19H2,1-2H3/b26-20+. The molecule has 0 radical (unpaired) electrons. The van der Waals surface area contributed by atoms with Gasteiger partial charge in [-0.25, -0.2) is 9.37 Å². The van der Waals surface area contributed by atoms with Crippen LogP contribution in [0.25, 0.3) is 0 Å². The van der Waals surface area contributed by atoms with Gasteiger partial charge in [-0.15, -0.1) is 0 Å². The van der Waals surface area contributed by atoms with E-state index in [0.717, 1.165) is 60.9 Å². The van der Waals surface area contributed by atoms with Crippen molar-refractivity contribution in [3.8, 4) is 6.07 Å². The average Bonchev–Trinajstić information content (AvgIpc) is 2.98. The number of hydrogen-bond acceptors (Lipinski definition) is 7. The van der Waals surface area contributed by atoms with Crippen LogP contribution in [0, 0.1) is 31.0 Å². The van der Waals surface area contributed by atoms with Crippen molar-refractivity contribution in [3.05, 3.63) is 94.8 Å². The summed E-state index contributed by atoms with van der Waals surface area (Å²) >= 11 is 0. The largest absolute Gasteiger partial charge is 0.514 e. The van der Waals surface area contributed by atoms with Crippen LogP contribution in [0.4, 0.5) is 21.6 Å². The van der Waals surface area contributed by atoms with Gasteiger partial charge in [-0.2, -0.15) is 5.26 Å². The Morgan fingerprint density at radius 1 is 1.10 bits per heavy atom. The molecule has 2 aliphatic rings. The Bertz CT molecular complexity index is 1460. The molecule has 8 nitrogen and oxygen atoms in total. The minimum Gasteiger partial charge on any atom is -0.514 e. The number of halogens is 1. The number of nitrogens with one attached hydrogen (secondary N) is 1. The first-order valence-electron chi connectivity index (χ1n) is 13.5. The lowest BCUT2D eigenvalue weighted by Gasteiger charge is -2.37. The van der Waals surface area contributed by atoms with Gasteiger partial charge in [0.25, 0.3) is 5.91 Å². The normalized spacial score (nSPS) is 17.1. The van der Waals surface area contributed by atoms with Crippen LogP contribution >= 0.6 is 0 Å². The summed E-state index contributed by atoms with van der Waals surface area (Å²) in [6, 6.07) is 17.1. The van der Waals surface area contributed by atoms with E-state index >= 15 is 0 Å². The maximum Gasteiger partial charge on any atom is 0.254 e. The Kier molecular flexibility index (Phi) is 7.87. The first kappa shape index (κ1) is 27.0. The molecule has 2 aliphatic heterocycles. The second-order valence-electron chi connectivity index (χ2n) is 10.4. The summed E-state index contributed by atoms with van der Waals surface area (Å²) < 4.78 is 13.3. The molecule has 0 atom stereocenters. The molecule has 9 heteroatoms. The molecule has 206 valence electrons. The number of aliphatic hydroxyl groups excluding tert-OH is 1. The summed E-state index contributed by atoms with van der Waals surface area (Å²) in [5.74, 6) is -0.00950. The van der Waals surface area contributed by atoms with Gasteiger partial charge in [-0.1, -0.05) is 18.2 Å². The van der Waals surface area contributed by atoms with Crippen molar-refractivity contribution in [1.29, 1.82) is 5.26 Å². The zero-order valence-electron chi connectivity index (χ0n) is 22.8. The quantitative estimate of drug-likeness (QED) is 0.432. The number of hydrogen-bond donors (Lipinski definition) is 2. The Morgan fingerprint density at radius 3 is 2.58 bits per heavy atom. The molecule has 1 aromatic heterocycles. The minimum atomic E-state index is -0.429. The predicted octanol–water partition coefficient (Wildman–Crippen LogP) is 5.15. The summed E-state index contributed by atoms with van der Waals surface area (Å²) in [6.45, 7) is 6.76. The van der Waals surface area contributed by atoms with E-state index in [0.29, 0.717) is 35.7 Å². The maximum atomic E-state index is 13.7. The van der Waals surface area contributed by atoms with E-state index < -0.39 is 5.82 Å². The van der Waals surface area contributed by atoms with E-state index in [1.807, 2.05) is 50.2 Å². The number of nitrogens with zero attached hydrogens (tertiary/aromatic N) is 5. The molecule has 0 spiro atoms. The van der Waals surface area contributed by atoms with Gasteiger partial charge in [0, 0.05) is 43.5 Å². The first-order valence-corrected chi connectivity index (χ1v) is 13.5. The molecule has 3 heterocycles. The van der Waals surface area contributed by atoms with Crippen molar-refractivity contribution in [2.45, 2.75) is 32.7 Å². The molecule has 40 heavy (non-hydrogen) atoms. The summed E-state index contributed by atoms with van der Waals surface area (Å²) in [5.41, 5.74) is 5.74. The number of aryl methyl sites for hydroxylation is 2. The van der Waals surface area contributed by atoms with Gasteiger partial charge < -0.3 is 25.1 Å². The Labute approximate surface area is 234 Å². The van der Waals surface area contributed by atoms with Crippen molar-refractivity contribution in [3.63, 3.8) is 0 Å². The van der Waals surface area contributed by atoms with Crippen molar-refractivity contribution in [1.82, 2.24) is 9.88 Å². The van der Waals surface area contributed by atoms with Crippen LogP contribution in [0.1, 0.15) is 39.9 Å². The number of benzene rings is 2. The number of piperidine rings is 1. The number of aliphatic hydroxyl groups is 1. The van der Waals surface area contributed by atoms with Crippen LogP contribution in [-0.4, -0.2) is 59.7 Å². The first-order chi connectivity index (χ1) is 19.4. The average molecular weight is 541 g/mol. The van der Waals surface area contributed by atoms with Crippen molar-refractivity contribution in [2.75, 3.05) is 47.8 Å². The van der Waals surface area contributed by atoms with Gasteiger partial charge in [0.15, 0.2) is 0 Å². The van der Waals surface area contributed by atoms with E-state index in [1.54, 1.807) is 15.9 Å². The summed E-state index contributed by atoms with van der Waals surface area (Å²) in [7, 11) is 0. The second kappa shape index (κ2) is 11.7. The van der Waals surface area contributed by atoms with Gasteiger partial charge in [-0.05, 0) is 68.1 Å². The van der Waals surface area contributed by atoms with Crippen LogP contribution in [-0.2, 0) is 0 Å². The van der Waals surface area contributed by atoms with Gasteiger partial charge in [0.05, 0.1) is 29.7 Å². The molecule has 1 amide bonds. The maximum absolute atomic E-state index is 13.7. The molecular formula is C31H33FN6O2. The fourth-order valence-electron chi connectivity index (χ4n) is 5.53. The lowest BCUT2D eigenvalue weighted by atomic mass is 9.99. The molecule has 3 aromatic rings. The van der Waals surface area contributed by atoms with Crippen LogP contribution in [0.15, 0.2) is 66.7 Å². The predicted molar refractivity (Wildman–Crippen MR) is 154 cm³/mol. The molecule has 0 saturated carbocycles. The highest BCUT2D eigenvalue weighted by Crippen LogP contribution is 2.29. The lowest BCUT2D eigenvalue weighted by Crippen LogP contribution is -2.47. The second-order valence-corrected chi connectivity index (χ2v) is 10.4. The fraction of sp³-hybridized carbons (Fsp3) is 0.323. The molecule has 2 N–H and O–H groups in total. The highest BCUT2D eigenvalue weighted by atomic mass is 19.1. The lowest BCUT2D eigenvalue weighted by molar-refractivity contribution is 0.0759. The number of pyridine rings is 1. The third-order valence-electron chi connectivity index (χ3n) is 7.74.